The van der Waals surface area contributed by atoms with E-state index in [1.165, 1.54) is 5.56 Å². The molecule has 0 radical (unpaired) electrons. The molecule has 1 saturated heterocycles. The van der Waals surface area contributed by atoms with Gasteiger partial charge in [-0.05, 0) is 25.6 Å². The maximum atomic E-state index is 12.5. The highest BCUT2D eigenvalue weighted by atomic mass is 16.3. The molecule has 2 heterocycles. The normalized spacial score (nSPS) is 16.6. The summed E-state index contributed by atoms with van der Waals surface area (Å²) in [6, 6.07) is 6.09. The van der Waals surface area contributed by atoms with E-state index in [1.54, 1.807) is 6.26 Å². The van der Waals surface area contributed by atoms with Crippen molar-refractivity contribution in [2.45, 2.75) is 20.3 Å². The fraction of sp³-hybridized carbons (Fsp3) is 0.471. The lowest BCUT2D eigenvalue weighted by Gasteiger charge is -2.34. The summed E-state index contributed by atoms with van der Waals surface area (Å²) in [6.07, 6.45) is 2.16. The highest BCUT2D eigenvalue weighted by molar-refractivity contribution is 5.88. The molecule has 21 heavy (non-hydrogen) atoms. The van der Waals surface area contributed by atoms with E-state index >= 15 is 0 Å². The third-order valence-electron chi connectivity index (χ3n) is 4.32. The van der Waals surface area contributed by atoms with Crippen LogP contribution in [0.4, 0.5) is 0 Å². The fourth-order valence-electron chi connectivity index (χ4n) is 2.92. The van der Waals surface area contributed by atoms with Crippen LogP contribution in [-0.2, 0) is 11.2 Å². The summed E-state index contributed by atoms with van der Waals surface area (Å²) < 4.78 is 5.55. The number of rotatable bonds is 3. The standard InChI is InChI=1S/C17H22N2O2/c1-3-18-6-8-19(9-7-18)17(20)11-14-12-21-16-5-4-13(2)10-15(14)16/h4-5,10,12H,3,6-9,11H2,1-2H3. The average molecular weight is 286 g/mol. The molecular weight excluding hydrogens is 264 g/mol. The van der Waals surface area contributed by atoms with Gasteiger partial charge in [-0.3, -0.25) is 4.79 Å². The number of aryl methyl sites for hydroxylation is 1. The molecule has 4 nitrogen and oxygen atoms in total. The highest BCUT2D eigenvalue weighted by Crippen LogP contribution is 2.23. The Labute approximate surface area is 125 Å². The molecule has 2 aromatic rings. The van der Waals surface area contributed by atoms with Gasteiger partial charge in [-0.15, -0.1) is 0 Å². The van der Waals surface area contributed by atoms with Crippen molar-refractivity contribution in [3.05, 3.63) is 35.6 Å². The van der Waals surface area contributed by atoms with Crippen molar-refractivity contribution in [2.24, 2.45) is 0 Å². The zero-order chi connectivity index (χ0) is 14.8. The van der Waals surface area contributed by atoms with Crippen molar-refractivity contribution in [3.8, 4) is 0 Å². The molecule has 0 N–H and O–H groups in total. The van der Waals surface area contributed by atoms with Crippen molar-refractivity contribution >= 4 is 16.9 Å². The summed E-state index contributed by atoms with van der Waals surface area (Å²) in [5.74, 6) is 0.204. The molecule has 0 aliphatic carbocycles. The first-order valence-electron chi connectivity index (χ1n) is 7.64. The number of hydrogen-bond donors (Lipinski definition) is 0. The Balaban J connectivity index is 1.70. The fourth-order valence-corrected chi connectivity index (χ4v) is 2.92. The first kappa shape index (κ1) is 14.1. The van der Waals surface area contributed by atoms with Gasteiger partial charge in [-0.25, -0.2) is 0 Å². The minimum absolute atomic E-state index is 0.204. The number of benzene rings is 1. The van der Waals surface area contributed by atoms with Crippen molar-refractivity contribution in [2.75, 3.05) is 32.7 Å². The zero-order valence-electron chi connectivity index (χ0n) is 12.8. The molecule has 1 aromatic heterocycles. The van der Waals surface area contributed by atoms with E-state index < -0.39 is 0 Å². The van der Waals surface area contributed by atoms with E-state index in [0.29, 0.717) is 6.42 Å². The van der Waals surface area contributed by atoms with Crippen LogP contribution in [0.3, 0.4) is 0 Å². The van der Waals surface area contributed by atoms with Crippen LogP contribution in [0.2, 0.25) is 0 Å². The van der Waals surface area contributed by atoms with Crippen molar-refractivity contribution < 1.29 is 9.21 Å². The third-order valence-corrected chi connectivity index (χ3v) is 4.32. The lowest BCUT2D eigenvalue weighted by atomic mass is 10.1. The molecule has 1 aliphatic heterocycles. The van der Waals surface area contributed by atoms with E-state index in [1.807, 2.05) is 17.0 Å². The molecular formula is C17H22N2O2. The van der Waals surface area contributed by atoms with E-state index in [4.69, 9.17) is 4.42 Å². The molecule has 1 aliphatic rings. The predicted molar refractivity (Wildman–Crippen MR) is 83.3 cm³/mol. The van der Waals surface area contributed by atoms with Crippen LogP contribution in [0.25, 0.3) is 11.0 Å². The smallest absolute Gasteiger partial charge is 0.227 e. The van der Waals surface area contributed by atoms with E-state index in [9.17, 15) is 4.79 Å². The van der Waals surface area contributed by atoms with Crippen LogP contribution >= 0.6 is 0 Å². The number of furan rings is 1. The van der Waals surface area contributed by atoms with E-state index in [0.717, 1.165) is 49.3 Å². The molecule has 0 atom stereocenters. The second-order valence-corrected chi connectivity index (χ2v) is 5.75. The van der Waals surface area contributed by atoms with Gasteiger partial charge in [0.1, 0.15) is 5.58 Å². The Morgan fingerprint density at radius 3 is 2.71 bits per heavy atom. The quantitative estimate of drug-likeness (QED) is 0.869. The van der Waals surface area contributed by atoms with Crippen LogP contribution in [0.1, 0.15) is 18.1 Å². The summed E-state index contributed by atoms with van der Waals surface area (Å²) in [7, 11) is 0. The molecule has 0 unspecified atom stereocenters. The number of carbonyl (C=O) groups is 1. The van der Waals surface area contributed by atoms with Crippen LogP contribution in [0.5, 0.6) is 0 Å². The van der Waals surface area contributed by atoms with Gasteiger partial charge in [-0.1, -0.05) is 18.6 Å². The Hall–Kier alpha value is -1.81. The number of hydrogen-bond acceptors (Lipinski definition) is 3. The summed E-state index contributed by atoms with van der Waals surface area (Å²) in [5, 5.41) is 1.07. The summed E-state index contributed by atoms with van der Waals surface area (Å²) in [6.45, 7) is 8.91. The molecule has 1 fully saturated rings. The SMILES string of the molecule is CCN1CCN(C(=O)Cc2coc3ccc(C)cc23)CC1. The maximum Gasteiger partial charge on any atom is 0.227 e. The molecule has 0 spiro atoms. The van der Waals surface area contributed by atoms with Gasteiger partial charge < -0.3 is 14.2 Å². The van der Waals surface area contributed by atoms with Gasteiger partial charge in [0.2, 0.25) is 5.91 Å². The van der Waals surface area contributed by atoms with Crippen LogP contribution in [0.15, 0.2) is 28.9 Å². The van der Waals surface area contributed by atoms with Crippen LogP contribution in [0, 0.1) is 6.92 Å². The molecule has 1 amide bonds. The lowest BCUT2D eigenvalue weighted by Crippen LogP contribution is -2.48. The number of carbonyl (C=O) groups excluding carboxylic acids is 1. The van der Waals surface area contributed by atoms with Crippen molar-refractivity contribution in [1.82, 2.24) is 9.80 Å². The van der Waals surface area contributed by atoms with E-state index in [-0.39, 0.29) is 5.91 Å². The Morgan fingerprint density at radius 2 is 2.00 bits per heavy atom. The Bertz CT molecular complexity index is 639. The topological polar surface area (TPSA) is 36.7 Å². The lowest BCUT2D eigenvalue weighted by molar-refractivity contribution is -0.132. The molecule has 0 bridgehead atoms. The molecule has 0 saturated carbocycles. The highest BCUT2D eigenvalue weighted by Gasteiger charge is 2.21. The Morgan fingerprint density at radius 1 is 1.24 bits per heavy atom. The molecule has 3 rings (SSSR count). The number of fused-ring (bicyclic) bond motifs is 1. The molecule has 1 aromatic carbocycles. The minimum Gasteiger partial charge on any atom is -0.464 e. The maximum absolute atomic E-state index is 12.5. The number of amides is 1. The van der Waals surface area contributed by atoms with Gasteiger partial charge in [-0.2, -0.15) is 0 Å². The second-order valence-electron chi connectivity index (χ2n) is 5.75. The third kappa shape index (κ3) is 2.95. The van der Waals surface area contributed by atoms with Gasteiger partial charge in [0.25, 0.3) is 0 Å². The minimum atomic E-state index is 0.204. The molecule has 4 heteroatoms. The van der Waals surface area contributed by atoms with E-state index in [2.05, 4.69) is 24.8 Å². The second kappa shape index (κ2) is 5.90. The predicted octanol–water partition coefficient (Wildman–Crippen LogP) is 2.45. The summed E-state index contributed by atoms with van der Waals surface area (Å²) >= 11 is 0. The first-order valence-corrected chi connectivity index (χ1v) is 7.64. The van der Waals surface area contributed by atoms with Gasteiger partial charge in [0, 0.05) is 37.1 Å². The van der Waals surface area contributed by atoms with Crippen LogP contribution in [-0.4, -0.2) is 48.4 Å². The average Bonchev–Trinajstić information content (AvgIpc) is 2.89. The Kier molecular flexibility index (Phi) is 3.97. The number of nitrogens with zero attached hydrogens (tertiary/aromatic N) is 2. The van der Waals surface area contributed by atoms with Crippen molar-refractivity contribution in [1.29, 1.82) is 0 Å². The molecule has 112 valence electrons. The zero-order valence-corrected chi connectivity index (χ0v) is 12.8. The van der Waals surface area contributed by atoms with Crippen molar-refractivity contribution in [3.63, 3.8) is 0 Å². The summed E-state index contributed by atoms with van der Waals surface area (Å²) in [5.41, 5.74) is 3.05. The largest absolute Gasteiger partial charge is 0.464 e. The number of likely N-dealkylation sites (N-methyl/N-ethyl adjacent to an activating group) is 1. The van der Waals surface area contributed by atoms with Gasteiger partial charge >= 0.3 is 0 Å². The summed E-state index contributed by atoms with van der Waals surface area (Å²) in [4.78, 5) is 16.8. The monoisotopic (exact) mass is 286 g/mol. The van der Waals surface area contributed by atoms with Gasteiger partial charge in [0.05, 0.1) is 12.7 Å². The first-order chi connectivity index (χ1) is 10.2. The number of piperazine rings is 1. The van der Waals surface area contributed by atoms with Gasteiger partial charge in [0.15, 0.2) is 0 Å². The van der Waals surface area contributed by atoms with Crippen LogP contribution < -0.4 is 0 Å².